The van der Waals surface area contributed by atoms with Crippen molar-refractivity contribution in [1.82, 2.24) is 25.4 Å². The molecule has 2 aromatic rings. The molecule has 0 aliphatic rings. The van der Waals surface area contributed by atoms with Gasteiger partial charge in [-0.2, -0.15) is 11.8 Å². The molecule has 9 heteroatoms. The fourth-order valence-corrected chi connectivity index (χ4v) is 2.83. The van der Waals surface area contributed by atoms with E-state index in [-0.39, 0.29) is 28.7 Å². The van der Waals surface area contributed by atoms with Crippen LogP contribution in [0.25, 0.3) is 0 Å². The fourth-order valence-electron chi connectivity index (χ4n) is 2.62. The minimum Gasteiger partial charge on any atom is -0.375 e. The Morgan fingerprint density at radius 1 is 1.20 bits per heavy atom. The van der Waals surface area contributed by atoms with E-state index in [0.29, 0.717) is 6.54 Å². The number of aromatic nitrogens is 3. The molecule has 7 nitrogen and oxygen atoms in total. The van der Waals surface area contributed by atoms with Gasteiger partial charge in [0, 0.05) is 44.2 Å². The maximum atomic E-state index is 4.73. The molecule has 1 aromatic heterocycles. The number of hydrogen-bond acceptors (Lipinski definition) is 5. The standard InChI is InChI=1S/C21H35N7S.HI/c1-17-25-26-19(28(17)5)15-23-20(24-16-21(2,3)29-6)22-13-10-14-27(4)18-11-8-7-9-12-18;/h7-9,11-12H,10,13-16H2,1-6H3,(H2,22,23,24);1H. The Morgan fingerprint density at radius 3 is 2.50 bits per heavy atom. The van der Waals surface area contributed by atoms with Crippen LogP contribution in [0.1, 0.15) is 31.9 Å². The monoisotopic (exact) mass is 545 g/mol. The van der Waals surface area contributed by atoms with E-state index >= 15 is 0 Å². The molecule has 0 atom stereocenters. The van der Waals surface area contributed by atoms with Gasteiger partial charge in [0.15, 0.2) is 11.8 Å². The molecule has 0 aliphatic carbocycles. The number of nitrogens with one attached hydrogen (secondary N) is 2. The van der Waals surface area contributed by atoms with E-state index in [1.165, 1.54) is 5.69 Å². The maximum absolute atomic E-state index is 4.73. The fraction of sp³-hybridized carbons (Fsp3) is 0.571. The lowest BCUT2D eigenvalue weighted by molar-refractivity contribution is 0.654. The molecule has 0 radical (unpaired) electrons. The smallest absolute Gasteiger partial charge is 0.191 e. The van der Waals surface area contributed by atoms with Crippen molar-refractivity contribution < 1.29 is 0 Å². The number of aryl methyl sites for hydroxylation is 1. The van der Waals surface area contributed by atoms with Crippen LogP contribution in [0.4, 0.5) is 5.69 Å². The topological polar surface area (TPSA) is 70.4 Å². The molecule has 30 heavy (non-hydrogen) atoms. The average molecular weight is 546 g/mol. The number of rotatable bonds is 10. The van der Waals surface area contributed by atoms with E-state index in [1.807, 2.05) is 36.4 Å². The first-order chi connectivity index (χ1) is 13.8. The number of thioether (sulfide) groups is 1. The zero-order chi connectivity index (χ0) is 21.3. The SMILES string of the molecule is CSC(C)(C)CNC(=NCc1nnc(C)n1C)NCCCN(C)c1ccccc1.I. The van der Waals surface area contributed by atoms with E-state index in [0.717, 1.165) is 43.7 Å². The van der Waals surface area contributed by atoms with Crippen LogP contribution < -0.4 is 15.5 Å². The van der Waals surface area contributed by atoms with E-state index in [2.05, 4.69) is 77.1 Å². The van der Waals surface area contributed by atoms with Crippen LogP contribution >= 0.6 is 35.7 Å². The van der Waals surface area contributed by atoms with Gasteiger partial charge in [-0.15, -0.1) is 34.2 Å². The first-order valence-corrected chi connectivity index (χ1v) is 11.2. The van der Waals surface area contributed by atoms with E-state index in [1.54, 1.807) is 0 Å². The summed E-state index contributed by atoms with van der Waals surface area (Å²) < 4.78 is 2.11. The molecule has 0 bridgehead atoms. The van der Waals surface area contributed by atoms with Crippen molar-refractivity contribution in [3.05, 3.63) is 42.0 Å². The van der Waals surface area contributed by atoms with Crippen LogP contribution in [-0.4, -0.2) is 58.4 Å². The third-order valence-electron chi connectivity index (χ3n) is 4.96. The van der Waals surface area contributed by atoms with Gasteiger partial charge in [0.1, 0.15) is 12.4 Å². The summed E-state index contributed by atoms with van der Waals surface area (Å²) in [5.41, 5.74) is 1.24. The predicted octanol–water partition coefficient (Wildman–Crippen LogP) is 3.44. The van der Waals surface area contributed by atoms with Gasteiger partial charge in [-0.1, -0.05) is 18.2 Å². The predicted molar refractivity (Wildman–Crippen MR) is 140 cm³/mol. The van der Waals surface area contributed by atoms with Crippen molar-refractivity contribution in [2.75, 3.05) is 37.8 Å². The van der Waals surface area contributed by atoms with Crippen LogP contribution in [0.5, 0.6) is 0 Å². The lowest BCUT2D eigenvalue weighted by Crippen LogP contribution is -2.44. The molecule has 0 unspecified atom stereocenters. The molecule has 1 heterocycles. The zero-order valence-corrected chi connectivity index (χ0v) is 22.1. The molecular formula is C21H36IN7S. The molecule has 0 aliphatic heterocycles. The third kappa shape index (κ3) is 8.71. The minimum absolute atomic E-state index is 0. The summed E-state index contributed by atoms with van der Waals surface area (Å²) in [7, 11) is 4.09. The van der Waals surface area contributed by atoms with E-state index in [4.69, 9.17) is 4.99 Å². The summed E-state index contributed by atoms with van der Waals surface area (Å²) in [4.78, 5) is 7.00. The molecule has 2 rings (SSSR count). The zero-order valence-electron chi connectivity index (χ0n) is 19.0. The Hall–Kier alpha value is -1.49. The molecule has 168 valence electrons. The van der Waals surface area contributed by atoms with Gasteiger partial charge < -0.3 is 20.1 Å². The van der Waals surface area contributed by atoms with Crippen LogP contribution in [0.15, 0.2) is 35.3 Å². The summed E-state index contributed by atoms with van der Waals surface area (Å²) in [6.07, 6.45) is 3.15. The molecule has 2 N–H and O–H groups in total. The number of hydrogen-bond donors (Lipinski definition) is 2. The number of para-hydroxylation sites is 1. The van der Waals surface area contributed by atoms with Gasteiger partial charge in [-0.3, -0.25) is 0 Å². The highest BCUT2D eigenvalue weighted by molar-refractivity contribution is 14.0. The Bertz CT molecular complexity index is 777. The number of nitrogens with zero attached hydrogens (tertiary/aromatic N) is 5. The molecule has 0 saturated heterocycles. The Morgan fingerprint density at radius 2 is 1.90 bits per heavy atom. The minimum atomic E-state index is 0. The molecule has 1 aromatic carbocycles. The van der Waals surface area contributed by atoms with Crippen molar-refractivity contribution in [3.8, 4) is 0 Å². The van der Waals surface area contributed by atoms with Gasteiger partial charge in [-0.05, 0) is 45.6 Å². The van der Waals surface area contributed by atoms with Crippen molar-refractivity contribution >= 4 is 47.4 Å². The molecule has 0 fully saturated rings. The summed E-state index contributed by atoms with van der Waals surface area (Å²) in [5.74, 6) is 2.57. The first-order valence-electron chi connectivity index (χ1n) is 10.0. The molecule has 0 saturated carbocycles. The number of halogens is 1. The third-order valence-corrected chi connectivity index (χ3v) is 6.20. The quantitative estimate of drug-likeness (QED) is 0.206. The number of aliphatic imine (C=N–C) groups is 1. The highest BCUT2D eigenvalue weighted by Crippen LogP contribution is 2.19. The second-order valence-corrected chi connectivity index (χ2v) is 9.26. The average Bonchev–Trinajstić information content (AvgIpc) is 3.05. The van der Waals surface area contributed by atoms with Crippen molar-refractivity contribution in [2.24, 2.45) is 12.0 Å². The second kappa shape index (κ2) is 13.0. The van der Waals surface area contributed by atoms with Gasteiger partial charge in [-0.25, -0.2) is 4.99 Å². The van der Waals surface area contributed by atoms with E-state index < -0.39 is 0 Å². The van der Waals surface area contributed by atoms with Gasteiger partial charge >= 0.3 is 0 Å². The number of anilines is 1. The Kier molecular flexibility index (Phi) is 11.5. The van der Waals surface area contributed by atoms with Crippen LogP contribution in [0.3, 0.4) is 0 Å². The lowest BCUT2D eigenvalue weighted by Gasteiger charge is -2.24. The number of guanidine groups is 1. The number of benzene rings is 1. The largest absolute Gasteiger partial charge is 0.375 e. The molecule has 0 spiro atoms. The van der Waals surface area contributed by atoms with Crippen LogP contribution in [0.2, 0.25) is 0 Å². The van der Waals surface area contributed by atoms with Crippen LogP contribution in [-0.2, 0) is 13.6 Å². The molecular weight excluding hydrogens is 509 g/mol. The Labute approximate surface area is 202 Å². The second-order valence-electron chi connectivity index (χ2n) is 7.74. The van der Waals surface area contributed by atoms with Crippen molar-refractivity contribution in [2.45, 2.75) is 38.5 Å². The summed E-state index contributed by atoms with van der Waals surface area (Å²) >= 11 is 1.84. The Balaban J connectivity index is 0.00000450. The summed E-state index contributed by atoms with van der Waals surface area (Å²) in [6.45, 7) is 9.55. The molecule has 0 amide bonds. The maximum Gasteiger partial charge on any atom is 0.191 e. The first kappa shape index (κ1) is 26.5. The van der Waals surface area contributed by atoms with Crippen LogP contribution in [0, 0.1) is 6.92 Å². The lowest BCUT2D eigenvalue weighted by atomic mass is 10.2. The normalized spacial score (nSPS) is 11.7. The van der Waals surface area contributed by atoms with Crippen molar-refractivity contribution in [3.63, 3.8) is 0 Å². The highest BCUT2D eigenvalue weighted by atomic mass is 127. The van der Waals surface area contributed by atoms with Gasteiger partial charge in [0.2, 0.25) is 0 Å². The summed E-state index contributed by atoms with van der Waals surface area (Å²) in [5, 5.41) is 15.3. The van der Waals surface area contributed by atoms with Gasteiger partial charge in [0.25, 0.3) is 0 Å². The highest BCUT2D eigenvalue weighted by Gasteiger charge is 2.16. The van der Waals surface area contributed by atoms with Crippen molar-refractivity contribution in [1.29, 1.82) is 0 Å². The van der Waals surface area contributed by atoms with E-state index in [9.17, 15) is 0 Å². The van der Waals surface area contributed by atoms with Gasteiger partial charge in [0.05, 0.1) is 0 Å². The summed E-state index contributed by atoms with van der Waals surface area (Å²) in [6, 6.07) is 10.5.